The molecule has 1 aromatic carbocycles. The lowest BCUT2D eigenvalue weighted by Crippen LogP contribution is -2.28. The van der Waals surface area contributed by atoms with Gasteiger partial charge in [0.1, 0.15) is 0 Å². The van der Waals surface area contributed by atoms with Gasteiger partial charge in [0.2, 0.25) is 6.79 Å². The van der Waals surface area contributed by atoms with Crippen LogP contribution < -0.4 is 14.8 Å². The van der Waals surface area contributed by atoms with E-state index < -0.39 is 0 Å². The fourth-order valence-corrected chi connectivity index (χ4v) is 2.40. The number of hydrogen-bond acceptors (Lipinski definition) is 7. The first-order valence-electron chi connectivity index (χ1n) is 6.92. The molecule has 110 valence electrons. The summed E-state index contributed by atoms with van der Waals surface area (Å²) < 4.78 is 21.2. The molecule has 0 saturated carbocycles. The number of nitrogens with one attached hydrogen (secondary N) is 1. The zero-order valence-electron chi connectivity index (χ0n) is 11.4. The van der Waals surface area contributed by atoms with Crippen molar-refractivity contribution < 1.29 is 18.7 Å². The Bertz CT molecular complexity index is 637. The fourth-order valence-electron chi connectivity index (χ4n) is 2.40. The first-order chi connectivity index (χ1) is 10.4. The van der Waals surface area contributed by atoms with Gasteiger partial charge >= 0.3 is 0 Å². The lowest BCUT2D eigenvalue weighted by atomic mass is 10.2. The topological polar surface area (TPSA) is 78.6 Å². The van der Waals surface area contributed by atoms with Crippen molar-refractivity contribution in [2.24, 2.45) is 0 Å². The first-order valence-corrected chi connectivity index (χ1v) is 6.92. The van der Waals surface area contributed by atoms with E-state index in [4.69, 9.17) is 18.7 Å². The molecule has 7 heteroatoms. The molecule has 1 N–H and O–H groups in total. The molecular formula is C14H15N3O4. The number of aromatic nitrogens is 2. The predicted octanol–water partition coefficient (Wildman–Crippen LogP) is 1.34. The summed E-state index contributed by atoms with van der Waals surface area (Å²) in [6.07, 6.45) is 1.02. The number of fused-ring (bicyclic) bond motifs is 1. The monoisotopic (exact) mass is 289 g/mol. The standard InChI is InChI=1S/C14H15N3O4/c1-2-11-12(20-8-19-11)5-9(1)14-16-13(17-21-14)6-15-10-3-4-18-7-10/h1-2,5,10,15H,3-4,6-8H2/t10-/m1/s1. The number of rotatable bonds is 4. The second-order valence-corrected chi connectivity index (χ2v) is 5.03. The van der Waals surface area contributed by atoms with E-state index in [1.165, 1.54) is 0 Å². The molecule has 0 radical (unpaired) electrons. The van der Waals surface area contributed by atoms with Crippen LogP contribution >= 0.6 is 0 Å². The molecule has 3 heterocycles. The minimum atomic E-state index is 0.251. The second kappa shape index (κ2) is 5.34. The summed E-state index contributed by atoms with van der Waals surface area (Å²) in [4.78, 5) is 4.39. The van der Waals surface area contributed by atoms with Crippen LogP contribution in [0.2, 0.25) is 0 Å². The third-order valence-corrected chi connectivity index (χ3v) is 3.57. The smallest absolute Gasteiger partial charge is 0.258 e. The van der Waals surface area contributed by atoms with Crippen molar-refractivity contribution in [1.29, 1.82) is 0 Å². The summed E-state index contributed by atoms with van der Waals surface area (Å²) >= 11 is 0. The van der Waals surface area contributed by atoms with Crippen molar-refractivity contribution in [2.75, 3.05) is 20.0 Å². The van der Waals surface area contributed by atoms with E-state index in [-0.39, 0.29) is 6.79 Å². The van der Waals surface area contributed by atoms with Gasteiger partial charge in [-0.25, -0.2) is 0 Å². The lowest BCUT2D eigenvalue weighted by molar-refractivity contribution is 0.174. The van der Waals surface area contributed by atoms with Crippen LogP contribution in [-0.4, -0.2) is 36.2 Å². The van der Waals surface area contributed by atoms with Gasteiger partial charge in [-0.05, 0) is 24.6 Å². The third kappa shape index (κ3) is 2.57. The lowest BCUT2D eigenvalue weighted by Gasteiger charge is -2.06. The van der Waals surface area contributed by atoms with Gasteiger partial charge < -0.3 is 24.1 Å². The maximum Gasteiger partial charge on any atom is 0.258 e. The van der Waals surface area contributed by atoms with Crippen molar-refractivity contribution >= 4 is 0 Å². The van der Waals surface area contributed by atoms with Crippen LogP contribution in [0.4, 0.5) is 0 Å². The molecule has 7 nitrogen and oxygen atoms in total. The Labute approximate surface area is 121 Å². The molecule has 21 heavy (non-hydrogen) atoms. The van der Waals surface area contributed by atoms with Crippen LogP contribution in [-0.2, 0) is 11.3 Å². The Morgan fingerprint density at radius 3 is 3.10 bits per heavy atom. The summed E-state index contributed by atoms with van der Waals surface area (Å²) in [5.74, 6) is 2.55. The highest BCUT2D eigenvalue weighted by atomic mass is 16.7. The van der Waals surface area contributed by atoms with Crippen LogP contribution in [0, 0.1) is 0 Å². The van der Waals surface area contributed by atoms with E-state index in [1.54, 1.807) is 0 Å². The SMILES string of the molecule is c1cc2c(cc1-c1nc(CN[C@@H]3CCOC3)no1)OCO2. The van der Waals surface area contributed by atoms with Gasteiger partial charge in [-0.2, -0.15) is 4.98 Å². The largest absolute Gasteiger partial charge is 0.454 e. The molecule has 2 aliphatic heterocycles. The molecule has 2 aliphatic rings. The highest BCUT2D eigenvalue weighted by Gasteiger charge is 2.18. The third-order valence-electron chi connectivity index (χ3n) is 3.57. The van der Waals surface area contributed by atoms with Crippen LogP contribution in [0.3, 0.4) is 0 Å². The normalized spacial score (nSPS) is 20.1. The molecule has 1 atom stereocenters. The Kier molecular flexibility index (Phi) is 3.21. The van der Waals surface area contributed by atoms with Crippen molar-refractivity contribution in [3.63, 3.8) is 0 Å². The van der Waals surface area contributed by atoms with E-state index >= 15 is 0 Å². The summed E-state index contributed by atoms with van der Waals surface area (Å²) in [5, 5.41) is 7.34. The maximum atomic E-state index is 5.34. The van der Waals surface area contributed by atoms with E-state index in [1.807, 2.05) is 18.2 Å². The zero-order valence-corrected chi connectivity index (χ0v) is 11.4. The molecule has 1 fully saturated rings. The van der Waals surface area contributed by atoms with Gasteiger partial charge in [0.15, 0.2) is 17.3 Å². The van der Waals surface area contributed by atoms with Gasteiger partial charge in [0.25, 0.3) is 5.89 Å². The van der Waals surface area contributed by atoms with Crippen molar-refractivity contribution in [3.05, 3.63) is 24.0 Å². The Morgan fingerprint density at radius 1 is 1.24 bits per heavy atom. The summed E-state index contributed by atoms with van der Waals surface area (Å²) in [7, 11) is 0. The number of hydrogen-bond donors (Lipinski definition) is 1. The van der Waals surface area contributed by atoms with Crippen LogP contribution in [0.1, 0.15) is 12.2 Å². The molecular weight excluding hydrogens is 274 g/mol. The van der Waals surface area contributed by atoms with Crippen molar-refractivity contribution in [2.45, 2.75) is 19.0 Å². The second-order valence-electron chi connectivity index (χ2n) is 5.03. The molecule has 0 unspecified atom stereocenters. The van der Waals surface area contributed by atoms with Crippen molar-refractivity contribution in [3.8, 4) is 23.0 Å². The molecule has 0 spiro atoms. The fraction of sp³-hybridized carbons (Fsp3) is 0.429. The molecule has 1 aromatic heterocycles. The number of nitrogens with zero attached hydrogens (tertiary/aromatic N) is 2. The van der Waals surface area contributed by atoms with E-state index in [0.29, 0.717) is 30.1 Å². The Balaban J connectivity index is 1.46. The molecule has 0 aliphatic carbocycles. The Hall–Kier alpha value is -2.12. The zero-order chi connectivity index (χ0) is 14.1. The summed E-state index contributed by atoms with van der Waals surface area (Å²) in [5.41, 5.74) is 0.821. The maximum absolute atomic E-state index is 5.34. The molecule has 2 aromatic rings. The predicted molar refractivity (Wildman–Crippen MR) is 71.9 cm³/mol. The number of benzene rings is 1. The van der Waals surface area contributed by atoms with Gasteiger partial charge in [0.05, 0.1) is 13.2 Å². The highest BCUT2D eigenvalue weighted by Crippen LogP contribution is 2.35. The van der Waals surface area contributed by atoms with Crippen LogP contribution in [0.5, 0.6) is 11.5 Å². The van der Waals surface area contributed by atoms with Gasteiger partial charge in [-0.1, -0.05) is 5.16 Å². The summed E-state index contributed by atoms with van der Waals surface area (Å²) in [6, 6.07) is 5.94. The average Bonchev–Trinajstić information content (AvgIpc) is 3.25. The molecule has 0 amide bonds. The van der Waals surface area contributed by atoms with E-state index in [0.717, 1.165) is 30.9 Å². The van der Waals surface area contributed by atoms with E-state index in [9.17, 15) is 0 Å². The first kappa shape index (κ1) is 12.6. The minimum absolute atomic E-state index is 0.251. The molecule has 0 bridgehead atoms. The quantitative estimate of drug-likeness (QED) is 0.910. The van der Waals surface area contributed by atoms with Crippen LogP contribution in [0.25, 0.3) is 11.5 Å². The minimum Gasteiger partial charge on any atom is -0.454 e. The molecule has 1 saturated heterocycles. The average molecular weight is 289 g/mol. The number of ether oxygens (including phenoxy) is 3. The van der Waals surface area contributed by atoms with Gasteiger partial charge in [-0.15, -0.1) is 0 Å². The summed E-state index contributed by atoms with van der Waals surface area (Å²) in [6.45, 7) is 2.38. The Morgan fingerprint density at radius 2 is 2.19 bits per heavy atom. The van der Waals surface area contributed by atoms with Gasteiger partial charge in [-0.3, -0.25) is 0 Å². The molecule has 4 rings (SSSR count). The van der Waals surface area contributed by atoms with Crippen LogP contribution in [0.15, 0.2) is 22.7 Å². The van der Waals surface area contributed by atoms with Crippen molar-refractivity contribution in [1.82, 2.24) is 15.5 Å². The highest BCUT2D eigenvalue weighted by molar-refractivity contribution is 5.60. The van der Waals surface area contributed by atoms with Gasteiger partial charge in [0, 0.05) is 18.2 Å². The van der Waals surface area contributed by atoms with E-state index in [2.05, 4.69) is 15.5 Å².